The van der Waals surface area contributed by atoms with E-state index in [2.05, 4.69) is 13.0 Å². The van der Waals surface area contributed by atoms with Crippen LogP contribution in [0, 0.1) is 11.2 Å². The van der Waals surface area contributed by atoms with Gasteiger partial charge >= 0.3 is 0 Å². The Balaban J connectivity index is 1.95. The van der Waals surface area contributed by atoms with Gasteiger partial charge in [0.2, 0.25) is 0 Å². The van der Waals surface area contributed by atoms with Crippen LogP contribution in [-0.2, 0) is 5.41 Å². The molecular weight excluding hydrogens is 199 g/mol. The molecule has 0 nitrogen and oxygen atoms in total. The normalized spacial score (nSPS) is 37.6. The highest BCUT2D eigenvalue weighted by Crippen LogP contribution is 2.57. The Labute approximate surface area is 96.9 Å². The minimum Gasteiger partial charge on any atom is -0.207 e. The lowest BCUT2D eigenvalue weighted by molar-refractivity contribution is 0.0555. The summed E-state index contributed by atoms with van der Waals surface area (Å²) >= 11 is 0. The second-order valence-electron chi connectivity index (χ2n) is 6.10. The predicted octanol–water partition coefficient (Wildman–Crippen LogP) is 4.44. The van der Waals surface area contributed by atoms with Crippen molar-refractivity contribution >= 4 is 0 Å². The van der Waals surface area contributed by atoms with Crippen molar-refractivity contribution in [2.75, 3.05) is 0 Å². The second kappa shape index (κ2) is 3.32. The molecule has 0 aromatic heterocycles. The zero-order valence-electron chi connectivity index (χ0n) is 9.93. The molecule has 2 bridgehead atoms. The molecule has 86 valence electrons. The molecule has 0 heterocycles. The monoisotopic (exact) mass is 218 g/mol. The van der Waals surface area contributed by atoms with Crippen LogP contribution in [0.25, 0.3) is 0 Å². The molecule has 1 heteroatoms. The van der Waals surface area contributed by atoms with E-state index in [0.29, 0.717) is 10.8 Å². The van der Waals surface area contributed by atoms with Crippen molar-refractivity contribution in [3.63, 3.8) is 0 Å². The highest BCUT2D eigenvalue weighted by molar-refractivity contribution is 5.28. The van der Waals surface area contributed by atoms with Crippen molar-refractivity contribution in [1.82, 2.24) is 0 Å². The minimum atomic E-state index is -0.0780. The first-order valence-electron chi connectivity index (χ1n) is 6.38. The maximum atomic E-state index is 13.3. The van der Waals surface area contributed by atoms with Gasteiger partial charge in [0.25, 0.3) is 0 Å². The first-order chi connectivity index (χ1) is 7.62. The van der Waals surface area contributed by atoms with Crippen LogP contribution in [0.1, 0.15) is 51.0 Å². The fraction of sp³-hybridized carbons (Fsp3) is 0.600. The third-order valence-corrected chi connectivity index (χ3v) is 5.06. The smallest absolute Gasteiger partial charge is 0.123 e. The molecule has 4 rings (SSSR count). The third kappa shape index (κ3) is 1.49. The van der Waals surface area contributed by atoms with Crippen LogP contribution >= 0.6 is 0 Å². The van der Waals surface area contributed by atoms with Crippen LogP contribution in [0.3, 0.4) is 0 Å². The molecule has 0 amide bonds. The van der Waals surface area contributed by atoms with Crippen LogP contribution in [-0.4, -0.2) is 0 Å². The molecule has 0 atom stereocenters. The molecule has 16 heavy (non-hydrogen) atoms. The molecular formula is C15H19F. The topological polar surface area (TPSA) is 0 Å². The zero-order valence-corrected chi connectivity index (χ0v) is 9.93. The lowest BCUT2D eigenvalue weighted by Crippen LogP contribution is -2.42. The summed E-state index contributed by atoms with van der Waals surface area (Å²) < 4.78 is 13.3. The van der Waals surface area contributed by atoms with E-state index in [0.717, 1.165) is 0 Å². The molecule has 1 aromatic rings. The van der Waals surface area contributed by atoms with Crippen LogP contribution in [0.15, 0.2) is 24.3 Å². The van der Waals surface area contributed by atoms with Crippen molar-refractivity contribution in [3.05, 3.63) is 35.6 Å². The largest absolute Gasteiger partial charge is 0.207 e. The van der Waals surface area contributed by atoms with Crippen LogP contribution < -0.4 is 0 Å². The molecule has 3 fully saturated rings. The number of fused-ring (bicyclic) bond motifs is 3. The Morgan fingerprint density at radius 1 is 1.00 bits per heavy atom. The predicted molar refractivity (Wildman–Crippen MR) is 63.9 cm³/mol. The van der Waals surface area contributed by atoms with Gasteiger partial charge in [-0.1, -0.05) is 19.1 Å². The molecule has 0 saturated heterocycles. The van der Waals surface area contributed by atoms with E-state index in [1.54, 1.807) is 12.1 Å². The quantitative estimate of drug-likeness (QED) is 0.653. The molecule has 0 aliphatic heterocycles. The van der Waals surface area contributed by atoms with Gasteiger partial charge in [-0.2, -0.15) is 0 Å². The maximum Gasteiger partial charge on any atom is 0.123 e. The Hall–Kier alpha value is -0.850. The van der Waals surface area contributed by atoms with Crippen molar-refractivity contribution < 1.29 is 4.39 Å². The Kier molecular flexibility index (Phi) is 2.14. The zero-order chi connectivity index (χ0) is 11.2. The van der Waals surface area contributed by atoms with E-state index in [1.807, 2.05) is 6.07 Å². The average Bonchev–Trinajstić information content (AvgIpc) is 2.30. The molecule has 1 aromatic carbocycles. The van der Waals surface area contributed by atoms with Gasteiger partial charge in [0, 0.05) is 0 Å². The fourth-order valence-electron chi connectivity index (χ4n) is 3.62. The lowest BCUT2D eigenvalue weighted by Gasteiger charge is -2.52. The molecule has 0 radical (unpaired) electrons. The lowest BCUT2D eigenvalue weighted by atomic mass is 9.52. The van der Waals surface area contributed by atoms with Gasteiger partial charge in [-0.25, -0.2) is 4.39 Å². The highest BCUT2D eigenvalue weighted by atomic mass is 19.1. The van der Waals surface area contributed by atoms with Gasteiger partial charge in [0.05, 0.1) is 0 Å². The van der Waals surface area contributed by atoms with Crippen molar-refractivity contribution in [2.24, 2.45) is 5.41 Å². The highest BCUT2D eigenvalue weighted by Gasteiger charge is 2.46. The summed E-state index contributed by atoms with van der Waals surface area (Å²) in [4.78, 5) is 0. The number of benzene rings is 1. The van der Waals surface area contributed by atoms with Gasteiger partial charge in [-0.05, 0) is 67.1 Å². The van der Waals surface area contributed by atoms with Crippen LogP contribution in [0.4, 0.5) is 4.39 Å². The fourth-order valence-corrected chi connectivity index (χ4v) is 3.62. The molecule has 0 spiro atoms. The van der Waals surface area contributed by atoms with Gasteiger partial charge in [0.1, 0.15) is 5.82 Å². The number of halogens is 1. The van der Waals surface area contributed by atoms with E-state index >= 15 is 0 Å². The number of hydrogen-bond donors (Lipinski definition) is 0. The molecule has 0 unspecified atom stereocenters. The summed E-state index contributed by atoms with van der Waals surface area (Å²) in [6.45, 7) is 2.42. The Morgan fingerprint density at radius 3 is 2.19 bits per heavy atom. The molecule has 3 aliphatic rings. The summed E-state index contributed by atoms with van der Waals surface area (Å²) in [5.41, 5.74) is 2.14. The first-order valence-corrected chi connectivity index (χ1v) is 6.38. The summed E-state index contributed by atoms with van der Waals surface area (Å²) in [5, 5.41) is 0. The van der Waals surface area contributed by atoms with Gasteiger partial charge in [-0.3, -0.25) is 0 Å². The van der Waals surface area contributed by atoms with Crippen LogP contribution in [0.2, 0.25) is 0 Å². The second-order valence-corrected chi connectivity index (χ2v) is 6.10. The van der Waals surface area contributed by atoms with Crippen molar-refractivity contribution in [2.45, 2.75) is 50.9 Å². The maximum absolute atomic E-state index is 13.3. The summed E-state index contributed by atoms with van der Waals surface area (Å²) in [6, 6.07) is 7.29. The summed E-state index contributed by atoms with van der Waals surface area (Å²) in [5.74, 6) is -0.0780. The Morgan fingerprint density at radius 2 is 1.62 bits per heavy atom. The van der Waals surface area contributed by atoms with Gasteiger partial charge in [0.15, 0.2) is 0 Å². The Bertz CT molecular complexity index is 383. The van der Waals surface area contributed by atoms with E-state index in [1.165, 1.54) is 44.1 Å². The number of rotatable bonds is 1. The first kappa shape index (κ1) is 10.3. The minimum absolute atomic E-state index is 0.0780. The van der Waals surface area contributed by atoms with Crippen molar-refractivity contribution in [3.8, 4) is 0 Å². The number of hydrogen-bond acceptors (Lipinski definition) is 0. The van der Waals surface area contributed by atoms with Crippen LogP contribution in [0.5, 0.6) is 0 Å². The molecule has 3 saturated carbocycles. The van der Waals surface area contributed by atoms with E-state index in [4.69, 9.17) is 0 Å². The van der Waals surface area contributed by atoms with E-state index in [9.17, 15) is 4.39 Å². The van der Waals surface area contributed by atoms with E-state index < -0.39 is 0 Å². The SMILES string of the molecule is CC12CCC(c3cccc(F)c3)(CC1)CC2. The van der Waals surface area contributed by atoms with Gasteiger partial charge in [-0.15, -0.1) is 0 Å². The molecule has 3 aliphatic carbocycles. The van der Waals surface area contributed by atoms with Crippen molar-refractivity contribution in [1.29, 1.82) is 0 Å². The third-order valence-electron chi connectivity index (χ3n) is 5.06. The molecule has 0 N–H and O–H groups in total. The van der Waals surface area contributed by atoms with Gasteiger partial charge < -0.3 is 0 Å². The van der Waals surface area contributed by atoms with E-state index in [-0.39, 0.29) is 5.82 Å². The summed E-state index contributed by atoms with van der Waals surface area (Å²) in [7, 11) is 0. The standard InChI is InChI=1S/C15H19F/c1-14-5-8-15(9-6-14,10-7-14)12-3-2-4-13(16)11-12/h2-4,11H,5-10H2,1H3. The average molecular weight is 218 g/mol. The summed E-state index contributed by atoms with van der Waals surface area (Å²) in [6.07, 6.45) is 7.74.